The van der Waals surface area contributed by atoms with Crippen LogP contribution in [-0.2, 0) is 13.0 Å². The summed E-state index contributed by atoms with van der Waals surface area (Å²) in [4.78, 5) is 15.7. The SMILES string of the molecule is O=[N+]([O-])c1ccc(CCNCc2cn3ccsc3n2)cc1. The summed E-state index contributed by atoms with van der Waals surface area (Å²) in [5.41, 5.74) is 2.23. The lowest BCUT2D eigenvalue weighted by Gasteiger charge is -2.03. The van der Waals surface area contributed by atoms with Crippen LogP contribution in [0.25, 0.3) is 4.96 Å². The fourth-order valence-corrected chi connectivity index (χ4v) is 2.81. The molecule has 0 atom stereocenters. The maximum Gasteiger partial charge on any atom is 0.269 e. The Hall–Kier alpha value is -2.25. The normalized spacial score (nSPS) is 11.0. The van der Waals surface area contributed by atoms with Crippen LogP contribution in [0.2, 0.25) is 0 Å². The summed E-state index contributed by atoms with van der Waals surface area (Å²) in [6.45, 7) is 1.53. The van der Waals surface area contributed by atoms with E-state index in [1.165, 1.54) is 0 Å². The number of aromatic nitrogens is 2. The Labute approximate surface area is 125 Å². The molecule has 3 aromatic rings. The van der Waals surface area contributed by atoms with Gasteiger partial charge in [-0.15, -0.1) is 11.3 Å². The fraction of sp³-hybridized carbons (Fsp3) is 0.214. The van der Waals surface area contributed by atoms with Crippen molar-refractivity contribution < 1.29 is 4.92 Å². The second kappa shape index (κ2) is 6.02. The van der Waals surface area contributed by atoms with E-state index in [0.717, 1.165) is 35.7 Å². The van der Waals surface area contributed by atoms with Gasteiger partial charge in [0.25, 0.3) is 5.69 Å². The van der Waals surface area contributed by atoms with Crippen molar-refractivity contribution in [1.82, 2.24) is 14.7 Å². The third kappa shape index (κ3) is 3.26. The monoisotopic (exact) mass is 302 g/mol. The number of nitrogens with zero attached hydrogens (tertiary/aromatic N) is 3. The van der Waals surface area contributed by atoms with E-state index < -0.39 is 0 Å². The van der Waals surface area contributed by atoms with Gasteiger partial charge >= 0.3 is 0 Å². The molecule has 1 aromatic carbocycles. The van der Waals surface area contributed by atoms with E-state index in [0.29, 0.717) is 0 Å². The highest BCUT2D eigenvalue weighted by Gasteiger charge is 2.04. The first kappa shape index (κ1) is 13.7. The molecule has 0 bridgehead atoms. The molecule has 0 fully saturated rings. The summed E-state index contributed by atoms with van der Waals surface area (Å²) in [6, 6.07) is 6.68. The van der Waals surface area contributed by atoms with Crippen LogP contribution in [0.15, 0.2) is 42.0 Å². The van der Waals surface area contributed by atoms with E-state index in [9.17, 15) is 10.1 Å². The molecule has 0 aliphatic carbocycles. The zero-order valence-corrected chi connectivity index (χ0v) is 12.0. The van der Waals surface area contributed by atoms with Gasteiger partial charge < -0.3 is 5.32 Å². The van der Waals surface area contributed by atoms with Crippen LogP contribution >= 0.6 is 11.3 Å². The number of non-ortho nitro benzene ring substituents is 1. The van der Waals surface area contributed by atoms with Crippen molar-refractivity contribution in [3.05, 3.63) is 63.4 Å². The largest absolute Gasteiger partial charge is 0.311 e. The van der Waals surface area contributed by atoms with Gasteiger partial charge in [-0.1, -0.05) is 12.1 Å². The van der Waals surface area contributed by atoms with Gasteiger partial charge in [-0.3, -0.25) is 14.5 Å². The number of nitro groups is 1. The lowest BCUT2D eigenvalue weighted by Crippen LogP contribution is -2.16. The van der Waals surface area contributed by atoms with Crippen molar-refractivity contribution in [3.63, 3.8) is 0 Å². The highest BCUT2D eigenvalue weighted by molar-refractivity contribution is 7.15. The van der Waals surface area contributed by atoms with Gasteiger partial charge in [-0.2, -0.15) is 0 Å². The van der Waals surface area contributed by atoms with E-state index in [-0.39, 0.29) is 10.6 Å². The molecule has 0 aliphatic heterocycles. The number of rotatable bonds is 6. The molecule has 0 saturated heterocycles. The van der Waals surface area contributed by atoms with Gasteiger partial charge in [0.15, 0.2) is 4.96 Å². The average Bonchev–Trinajstić information content (AvgIpc) is 3.05. The lowest BCUT2D eigenvalue weighted by atomic mass is 10.1. The van der Waals surface area contributed by atoms with E-state index in [1.54, 1.807) is 35.6 Å². The Bertz CT molecular complexity index is 719. The van der Waals surface area contributed by atoms with Crippen molar-refractivity contribution in [3.8, 4) is 0 Å². The minimum absolute atomic E-state index is 0.129. The molecule has 0 radical (unpaired) electrons. The minimum atomic E-state index is -0.383. The van der Waals surface area contributed by atoms with Crippen molar-refractivity contribution in [2.45, 2.75) is 13.0 Å². The van der Waals surface area contributed by atoms with Crippen LogP contribution in [0.3, 0.4) is 0 Å². The molecule has 6 nitrogen and oxygen atoms in total. The molecule has 0 amide bonds. The molecule has 2 aromatic heterocycles. The zero-order chi connectivity index (χ0) is 14.7. The summed E-state index contributed by atoms with van der Waals surface area (Å²) in [5, 5.41) is 15.9. The highest BCUT2D eigenvalue weighted by atomic mass is 32.1. The minimum Gasteiger partial charge on any atom is -0.311 e. The predicted molar refractivity (Wildman–Crippen MR) is 81.6 cm³/mol. The van der Waals surface area contributed by atoms with Crippen LogP contribution in [0, 0.1) is 10.1 Å². The summed E-state index contributed by atoms with van der Waals surface area (Å²) in [7, 11) is 0. The van der Waals surface area contributed by atoms with Gasteiger partial charge in [0.1, 0.15) is 0 Å². The number of nitrogens with one attached hydrogen (secondary N) is 1. The van der Waals surface area contributed by atoms with E-state index in [4.69, 9.17) is 0 Å². The van der Waals surface area contributed by atoms with Gasteiger partial charge in [0.05, 0.1) is 10.6 Å². The van der Waals surface area contributed by atoms with Gasteiger partial charge in [-0.25, -0.2) is 4.98 Å². The number of thiazole rings is 1. The van der Waals surface area contributed by atoms with Crippen molar-refractivity contribution >= 4 is 22.0 Å². The third-order valence-corrected chi connectivity index (χ3v) is 3.96. The Kier molecular flexibility index (Phi) is 3.94. The van der Waals surface area contributed by atoms with Crippen molar-refractivity contribution in [1.29, 1.82) is 0 Å². The smallest absolute Gasteiger partial charge is 0.269 e. The number of hydrogen-bond acceptors (Lipinski definition) is 5. The van der Waals surface area contributed by atoms with E-state index in [1.807, 2.05) is 22.2 Å². The predicted octanol–water partition coefficient (Wildman–Crippen LogP) is 2.64. The second-order valence-electron chi connectivity index (χ2n) is 4.68. The molecule has 0 unspecified atom stereocenters. The van der Waals surface area contributed by atoms with Gasteiger partial charge in [-0.05, 0) is 18.5 Å². The number of benzene rings is 1. The molecule has 2 heterocycles. The molecule has 0 spiro atoms. The number of nitro benzene ring substituents is 1. The van der Waals surface area contributed by atoms with E-state index in [2.05, 4.69) is 10.3 Å². The number of imidazole rings is 1. The topological polar surface area (TPSA) is 72.5 Å². The molecule has 7 heteroatoms. The number of hydrogen-bond donors (Lipinski definition) is 1. The first-order valence-corrected chi connectivity index (χ1v) is 7.45. The van der Waals surface area contributed by atoms with Crippen LogP contribution < -0.4 is 5.32 Å². The van der Waals surface area contributed by atoms with E-state index >= 15 is 0 Å². The molecule has 3 rings (SSSR count). The lowest BCUT2D eigenvalue weighted by molar-refractivity contribution is -0.384. The molecule has 0 saturated carbocycles. The average molecular weight is 302 g/mol. The summed E-state index contributed by atoms with van der Waals surface area (Å²) in [6.07, 6.45) is 4.85. The zero-order valence-electron chi connectivity index (χ0n) is 11.2. The van der Waals surface area contributed by atoms with Gasteiger partial charge in [0, 0.05) is 36.5 Å². The second-order valence-corrected chi connectivity index (χ2v) is 5.55. The number of fused-ring (bicyclic) bond motifs is 1. The first-order chi connectivity index (χ1) is 10.2. The van der Waals surface area contributed by atoms with Crippen LogP contribution in [0.4, 0.5) is 5.69 Å². The maximum absolute atomic E-state index is 10.6. The Balaban J connectivity index is 1.47. The molecule has 0 aliphatic rings. The summed E-state index contributed by atoms with van der Waals surface area (Å²) in [5.74, 6) is 0. The Morgan fingerprint density at radius 2 is 2.14 bits per heavy atom. The fourth-order valence-electron chi connectivity index (χ4n) is 2.09. The third-order valence-electron chi connectivity index (χ3n) is 3.19. The van der Waals surface area contributed by atoms with Crippen LogP contribution in [0.1, 0.15) is 11.3 Å². The first-order valence-electron chi connectivity index (χ1n) is 6.57. The summed E-state index contributed by atoms with van der Waals surface area (Å²) < 4.78 is 2.01. The van der Waals surface area contributed by atoms with Crippen molar-refractivity contribution in [2.75, 3.05) is 6.54 Å². The molecular formula is C14H14N4O2S. The standard InChI is InChI=1S/C14H14N4O2S/c19-18(20)13-3-1-11(2-4-13)5-6-15-9-12-10-17-7-8-21-14(17)16-12/h1-4,7-8,10,15H,5-6,9H2. The molecule has 21 heavy (non-hydrogen) atoms. The quantitative estimate of drug-likeness (QED) is 0.431. The summed E-state index contributed by atoms with van der Waals surface area (Å²) >= 11 is 1.62. The molecule has 1 N–H and O–H groups in total. The Morgan fingerprint density at radius 1 is 1.33 bits per heavy atom. The van der Waals surface area contributed by atoms with Crippen molar-refractivity contribution in [2.24, 2.45) is 0 Å². The van der Waals surface area contributed by atoms with Crippen LogP contribution in [0.5, 0.6) is 0 Å². The Morgan fingerprint density at radius 3 is 2.86 bits per heavy atom. The van der Waals surface area contributed by atoms with Crippen LogP contribution in [-0.4, -0.2) is 20.9 Å². The highest BCUT2D eigenvalue weighted by Crippen LogP contribution is 2.12. The maximum atomic E-state index is 10.6. The van der Waals surface area contributed by atoms with Gasteiger partial charge in [0.2, 0.25) is 0 Å². The molecule has 108 valence electrons. The molecular weight excluding hydrogens is 288 g/mol.